The second-order valence-electron chi connectivity index (χ2n) is 4.86. The highest BCUT2D eigenvalue weighted by Crippen LogP contribution is 2.33. The monoisotopic (exact) mass is 345 g/mol. The van der Waals surface area contributed by atoms with Crippen LogP contribution >= 0.6 is 23.2 Å². The number of nitrogens with two attached hydrogens (primary N) is 1. The number of benzene rings is 2. The molecule has 0 amide bonds. The number of halogens is 2. The number of azo groups is 1. The van der Waals surface area contributed by atoms with E-state index in [0.29, 0.717) is 32.9 Å². The molecule has 5 nitrogen and oxygen atoms in total. The summed E-state index contributed by atoms with van der Waals surface area (Å²) in [4.78, 5) is 0. The largest absolute Gasteiger partial charge is 0.382 e. The van der Waals surface area contributed by atoms with Gasteiger partial charge in [-0.15, -0.1) is 10.2 Å². The first kappa shape index (κ1) is 15.5. The van der Waals surface area contributed by atoms with E-state index in [1.165, 1.54) is 0 Å². The van der Waals surface area contributed by atoms with E-state index in [1.807, 2.05) is 37.3 Å². The van der Waals surface area contributed by atoms with Crippen molar-refractivity contribution in [1.82, 2.24) is 9.78 Å². The lowest BCUT2D eigenvalue weighted by Gasteiger charge is -2.02. The van der Waals surface area contributed by atoms with Crippen LogP contribution in [0.3, 0.4) is 0 Å². The van der Waals surface area contributed by atoms with Crippen molar-refractivity contribution < 1.29 is 0 Å². The van der Waals surface area contributed by atoms with Gasteiger partial charge in [-0.3, -0.25) is 0 Å². The fourth-order valence-corrected chi connectivity index (χ4v) is 2.41. The molecule has 1 heterocycles. The predicted molar refractivity (Wildman–Crippen MR) is 93.4 cm³/mol. The van der Waals surface area contributed by atoms with Crippen LogP contribution in [0.25, 0.3) is 5.69 Å². The van der Waals surface area contributed by atoms with Crippen LogP contribution in [0.2, 0.25) is 10.0 Å². The van der Waals surface area contributed by atoms with Gasteiger partial charge < -0.3 is 5.73 Å². The van der Waals surface area contributed by atoms with E-state index in [2.05, 4.69) is 15.3 Å². The molecule has 0 aliphatic rings. The number of aryl methyl sites for hydroxylation is 1. The van der Waals surface area contributed by atoms with Crippen LogP contribution in [0.15, 0.2) is 58.8 Å². The molecule has 2 aromatic carbocycles. The second kappa shape index (κ2) is 6.40. The lowest BCUT2D eigenvalue weighted by atomic mass is 10.3. The number of hydrogen-bond acceptors (Lipinski definition) is 4. The van der Waals surface area contributed by atoms with Gasteiger partial charge in [-0.25, -0.2) is 4.68 Å². The predicted octanol–water partition coefficient (Wildman–Crippen LogP) is 5.49. The summed E-state index contributed by atoms with van der Waals surface area (Å²) >= 11 is 12.0. The highest BCUT2D eigenvalue weighted by Gasteiger charge is 2.13. The fraction of sp³-hybridized carbons (Fsp3) is 0.0625. The average Bonchev–Trinajstić information content (AvgIpc) is 2.84. The minimum absolute atomic E-state index is 0.413. The standard InChI is InChI=1S/C16H13Cl2N5/c1-10-15(21-20-14-9-11(17)7-8-13(14)18)16(19)23(22-10)12-5-3-2-4-6-12/h2-9H,19H2,1H3/b21-20+. The number of anilines is 1. The smallest absolute Gasteiger partial charge is 0.155 e. The van der Waals surface area contributed by atoms with E-state index in [-0.39, 0.29) is 0 Å². The Bertz CT molecular complexity index is 872. The molecular weight excluding hydrogens is 333 g/mol. The van der Waals surface area contributed by atoms with Crippen LogP contribution in [-0.4, -0.2) is 9.78 Å². The lowest BCUT2D eigenvalue weighted by Crippen LogP contribution is -2.01. The van der Waals surface area contributed by atoms with Gasteiger partial charge in [-0.1, -0.05) is 41.4 Å². The average molecular weight is 346 g/mol. The molecule has 2 N–H and O–H groups in total. The maximum absolute atomic E-state index is 6.16. The normalized spacial score (nSPS) is 11.3. The number of hydrogen-bond donors (Lipinski definition) is 1. The van der Waals surface area contributed by atoms with E-state index in [0.717, 1.165) is 5.69 Å². The molecule has 0 unspecified atom stereocenters. The van der Waals surface area contributed by atoms with Crippen LogP contribution in [0.1, 0.15) is 5.69 Å². The molecular formula is C16H13Cl2N5. The molecule has 0 radical (unpaired) electrons. The summed E-state index contributed by atoms with van der Waals surface area (Å²) in [6.07, 6.45) is 0. The van der Waals surface area contributed by atoms with Crippen molar-refractivity contribution in [3.8, 4) is 5.69 Å². The molecule has 0 fully saturated rings. The Hall–Kier alpha value is -2.37. The van der Waals surface area contributed by atoms with Crippen molar-refractivity contribution in [2.45, 2.75) is 6.92 Å². The van der Waals surface area contributed by atoms with Gasteiger partial charge in [0.2, 0.25) is 0 Å². The van der Waals surface area contributed by atoms with Gasteiger partial charge in [0.15, 0.2) is 11.5 Å². The molecule has 0 saturated heterocycles. The van der Waals surface area contributed by atoms with Crippen LogP contribution < -0.4 is 5.73 Å². The zero-order valence-electron chi connectivity index (χ0n) is 12.2. The Balaban J connectivity index is 2.00. The Labute approximate surface area is 143 Å². The maximum atomic E-state index is 6.16. The molecule has 0 saturated carbocycles. The van der Waals surface area contributed by atoms with Crippen molar-refractivity contribution in [3.63, 3.8) is 0 Å². The molecule has 1 aromatic heterocycles. The lowest BCUT2D eigenvalue weighted by molar-refractivity contribution is 0.872. The van der Waals surface area contributed by atoms with E-state index in [9.17, 15) is 0 Å². The molecule has 7 heteroatoms. The third-order valence-corrected chi connectivity index (χ3v) is 3.78. The SMILES string of the molecule is Cc1nn(-c2ccccc2)c(N)c1/N=N/c1cc(Cl)ccc1Cl. The summed E-state index contributed by atoms with van der Waals surface area (Å²) in [5.41, 5.74) is 8.67. The third-order valence-electron chi connectivity index (χ3n) is 3.23. The molecule has 0 aliphatic heterocycles. The number of nitrogen functional groups attached to an aromatic ring is 1. The number of rotatable bonds is 3. The van der Waals surface area contributed by atoms with E-state index < -0.39 is 0 Å². The number of nitrogens with zero attached hydrogens (tertiary/aromatic N) is 4. The molecule has 0 atom stereocenters. The highest BCUT2D eigenvalue weighted by molar-refractivity contribution is 6.35. The minimum Gasteiger partial charge on any atom is -0.382 e. The van der Waals surface area contributed by atoms with Gasteiger partial charge in [0.25, 0.3) is 0 Å². The van der Waals surface area contributed by atoms with E-state index in [1.54, 1.807) is 22.9 Å². The van der Waals surface area contributed by atoms with Crippen LogP contribution in [0, 0.1) is 6.92 Å². The molecule has 0 bridgehead atoms. The van der Waals surface area contributed by atoms with E-state index >= 15 is 0 Å². The summed E-state index contributed by atoms with van der Waals surface area (Å²) in [5.74, 6) is 0.413. The molecule has 0 aliphatic carbocycles. The molecule has 3 rings (SSSR count). The summed E-state index contributed by atoms with van der Waals surface area (Å²) < 4.78 is 1.63. The van der Waals surface area contributed by atoms with E-state index in [4.69, 9.17) is 28.9 Å². The zero-order chi connectivity index (χ0) is 16.4. The van der Waals surface area contributed by atoms with Gasteiger partial charge in [-0.05, 0) is 37.3 Å². The second-order valence-corrected chi connectivity index (χ2v) is 5.71. The van der Waals surface area contributed by atoms with Crippen LogP contribution in [0.4, 0.5) is 17.2 Å². The topological polar surface area (TPSA) is 68.6 Å². The highest BCUT2D eigenvalue weighted by atomic mass is 35.5. The van der Waals surface area contributed by atoms with Crippen molar-refractivity contribution in [1.29, 1.82) is 0 Å². The first-order valence-corrected chi connectivity index (χ1v) is 7.59. The van der Waals surface area contributed by atoms with Crippen LogP contribution in [0.5, 0.6) is 0 Å². The first-order chi connectivity index (χ1) is 11.1. The fourth-order valence-electron chi connectivity index (χ4n) is 2.09. The minimum atomic E-state index is 0.413. The molecule has 116 valence electrons. The summed E-state index contributed by atoms with van der Waals surface area (Å²) in [6, 6.07) is 14.6. The first-order valence-electron chi connectivity index (χ1n) is 6.83. The van der Waals surface area contributed by atoms with Gasteiger partial charge in [0, 0.05) is 5.02 Å². The van der Waals surface area contributed by atoms with Crippen LogP contribution in [-0.2, 0) is 0 Å². The number of aromatic nitrogens is 2. The molecule has 3 aromatic rings. The third kappa shape index (κ3) is 3.21. The summed E-state index contributed by atoms with van der Waals surface area (Å²) in [7, 11) is 0. The summed E-state index contributed by atoms with van der Waals surface area (Å²) in [5, 5.41) is 13.7. The summed E-state index contributed by atoms with van der Waals surface area (Å²) in [6.45, 7) is 1.82. The van der Waals surface area contributed by atoms with Gasteiger partial charge in [-0.2, -0.15) is 5.10 Å². The Kier molecular flexibility index (Phi) is 4.32. The van der Waals surface area contributed by atoms with Crippen molar-refractivity contribution in [2.24, 2.45) is 10.2 Å². The Morgan fingerprint density at radius 3 is 2.52 bits per heavy atom. The zero-order valence-corrected chi connectivity index (χ0v) is 13.8. The number of para-hydroxylation sites is 1. The van der Waals surface area contributed by atoms with Crippen molar-refractivity contribution >= 4 is 40.4 Å². The Morgan fingerprint density at radius 1 is 1.04 bits per heavy atom. The maximum Gasteiger partial charge on any atom is 0.155 e. The van der Waals surface area contributed by atoms with Crippen molar-refractivity contribution in [3.05, 3.63) is 64.3 Å². The van der Waals surface area contributed by atoms with Crippen molar-refractivity contribution in [2.75, 3.05) is 5.73 Å². The van der Waals surface area contributed by atoms with Gasteiger partial charge >= 0.3 is 0 Å². The molecule has 23 heavy (non-hydrogen) atoms. The van der Waals surface area contributed by atoms with Gasteiger partial charge in [0.05, 0.1) is 16.4 Å². The quantitative estimate of drug-likeness (QED) is 0.638. The Morgan fingerprint density at radius 2 is 1.78 bits per heavy atom. The van der Waals surface area contributed by atoms with Gasteiger partial charge in [0.1, 0.15) is 5.69 Å². The molecule has 0 spiro atoms.